The zero-order valence-electron chi connectivity index (χ0n) is 31.4. The minimum Gasteiger partial charge on any atom is -0.507 e. The average Bonchev–Trinajstić information content (AvgIpc) is 3.23. The van der Waals surface area contributed by atoms with Gasteiger partial charge in [-0.2, -0.15) is 0 Å². The number of methoxy groups -OCH3 is 2. The Morgan fingerprint density at radius 1 is 0.417 bits per heavy atom. The molecule has 0 aliphatic carbocycles. The Balaban J connectivity index is 0.000000185. The fourth-order valence-electron chi connectivity index (χ4n) is 6.81. The summed E-state index contributed by atoms with van der Waals surface area (Å²) in [5.41, 5.74) is 2.94. The van der Waals surface area contributed by atoms with Gasteiger partial charge in [0, 0.05) is 66.1 Å². The Labute approximate surface area is 378 Å². The first kappa shape index (κ1) is 44.8. The molecule has 0 aliphatic heterocycles. The number of rotatable bonds is 6. The van der Waals surface area contributed by atoms with Crippen LogP contribution < -0.4 is 9.47 Å². The highest BCUT2D eigenvalue weighted by atomic mass is 79.9. The van der Waals surface area contributed by atoms with Gasteiger partial charge in [0.05, 0.1) is 24.3 Å². The van der Waals surface area contributed by atoms with Gasteiger partial charge >= 0.3 is 3.18 Å². The fourth-order valence-corrected chi connectivity index (χ4v) is 7.16. The van der Waals surface area contributed by atoms with Crippen LogP contribution in [0.3, 0.4) is 0 Å². The van der Waals surface area contributed by atoms with E-state index in [9.17, 15) is 27.8 Å². The lowest BCUT2D eigenvalue weighted by Crippen LogP contribution is -1.96. The molecule has 0 saturated carbocycles. The van der Waals surface area contributed by atoms with E-state index in [1.165, 1.54) is 56.7 Å². The second-order valence-corrected chi connectivity index (χ2v) is 20.1. The van der Waals surface area contributed by atoms with Gasteiger partial charge in [-0.3, -0.25) is 0 Å². The Kier molecular flexibility index (Phi) is 14.8. The number of benzene rings is 8. The standard InChI is InChI=1S/C24H17ClF2O2.C22H13ClF2O2.BBr3/c1-28-23-16(14-6-3-4-9-21(14)26)10-12-19-18(23)13-11-17(24(19)29-2)15-7-5-8-20(25)22(15)27;23-18-6-3-5-13(20(18)25)15-9-11-16-17(22(15)27)10-8-14(21(16)26)12-4-1-2-7-19(12)24;2-1(3)4/h3-13H,1-2H3;1-11,26-27H;. The van der Waals surface area contributed by atoms with Crippen molar-refractivity contribution in [3.05, 3.63) is 167 Å². The summed E-state index contributed by atoms with van der Waals surface area (Å²) in [5.74, 6) is -1.30. The molecule has 8 aromatic carbocycles. The summed E-state index contributed by atoms with van der Waals surface area (Å²) in [6.07, 6.45) is 0. The summed E-state index contributed by atoms with van der Waals surface area (Å²) >= 11 is 21.1. The molecule has 4 nitrogen and oxygen atoms in total. The molecule has 0 spiro atoms. The van der Waals surface area contributed by atoms with E-state index in [0.717, 1.165) is 10.8 Å². The summed E-state index contributed by atoms with van der Waals surface area (Å²) in [5, 5.41) is 23.4. The van der Waals surface area contributed by atoms with Crippen LogP contribution in [-0.4, -0.2) is 27.6 Å². The molecule has 8 aromatic rings. The first-order valence-electron chi connectivity index (χ1n) is 17.7. The van der Waals surface area contributed by atoms with E-state index in [0.29, 0.717) is 50.1 Å². The van der Waals surface area contributed by atoms with Crippen molar-refractivity contribution in [1.82, 2.24) is 0 Å². The third-order valence-corrected chi connectivity index (χ3v) is 10.0. The molecule has 60 heavy (non-hydrogen) atoms. The first-order valence-corrected chi connectivity index (χ1v) is 21.2. The topological polar surface area (TPSA) is 58.9 Å². The minimum atomic E-state index is -0.638. The number of halogens is 9. The van der Waals surface area contributed by atoms with Crippen molar-refractivity contribution in [1.29, 1.82) is 0 Å². The van der Waals surface area contributed by atoms with Gasteiger partial charge in [0.25, 0.3) is 0 Å². The minimum absolute atomic E-state index is 0.0390. The van der Waals surface area contributed by atoms with Crippen molar-refractivity contribution >= 4 is 95.2 Å². The van der Waals surface area contributed by atoms with Gasteiger partial charge in [-0.1, -0.05) is 83.9 Å². The van der Waals surface area contributed by atoms with Gasteiger partial charge in [0.1, 0.15) is 46.3 Å². The number of ether oxygens (including phenoxy) is 2. The van der Waals surface area contributed by atoms with E-state index >= 15 is 0 Å². The molecule has 0 amide bonds. The summed E-state index contributed by atoms with van der Waals surface area (Å²) in [6.45, 7) is 0. The molecule has 8 rings (SSSR count). The van der Waals surface area contributed by atoms with Crippen LogP contribution in [0.5, 0.6) is 23.0 Å². The lowest BCUT2D eigenvalue weighted by Gasteiger charge is -2.17. The van der Waals surface area contributed by atoms with Gasteiger partial charge in [-0.25, -0.2) is 17.6 Å². The van der Waals surface area contributed by atoms with Crippen LogP contribution >= 0.6 is 70.5 Å². The van der Waals surface area contributed by atoms with Gasteiger partial charge in [-0.15, -0.1) is 47.3 Å². The third-order valence-electron chi connectivity index (χ3n) is 9.47. The Morgan fingerprint density at radius 2 is 0.733 bits per heavy atom. The molecule has 304 valence electrons. The molecule has 0 saturated heterocycles. The van der Waals surface area contributed by atoms with E-state index in [1.807, 2.05) is 12.1 Å². The number of hydrogen-bond acceptors (Lipinski definition) is 4. The molecule has 0 radical (unpaired) electrons. The largest absolute Gasteiger partial charge is 0.507 e. The van der Waals surface area contributed by atoms with E-state index in [4.69, 9.17) is 32.7 Å². The third kappa shape index (κ3) is 9.28. The maximum Gasteiger partial charge on any atom is 0.369 e. The van der Waals surface area contributed by atoms with Crippen LogP contribution in [-0.2, 0) is 0 Å². The van der Waals surface area contributed by atoms with Crippen LogP contribution in [0.15, 0.2) is 133 Å². The van der Waals surface area contributed by atoms with Crippen LogP contribution in [0, 0.1) is 23.3 Å². The number of aromatic hydroxyl groups is 2. The van der Waals surface area contributed by atoms with Gasteiger partial charge in [0.15, 0.2) is 0 Å². The van der Waals surface area contributed by atoms with Crippen molar-refractivity contribution in [2.24, 2.45) is 0 Å². The highest BCUT2D eigenvalue weighted by Crippen LogP contribution is 2.46. The van der Waals surface area contributed by atoms with Gasteiger partial charge in [0.2, 0.25) is 0 Å². The summed E-state index contributed by atoms with van der Waals surface area (Å²) in [7, 11) is 3.06. The zero-order valence-corrected chi connectivity index (χ0v) is 37.7. The highest BCUT2D eigenvalue weighted by molar-refractivity contribution is 9.69. The van der Waals surface area contributed by atoms with Crippen molar-refractivity contribution in [3.63, 3.8) is 0 Å². The molecule has 0 aliphatic rings. The number of hydrogen-bond donors (Lipinski definition) is 2. The van der Waals surface area contributed by atoms with Gasteiger partial charge < -0.3 is 19.7 Å². The zero-order chi connectivity index (χ0) is 43.2. The van der Waals surface area contributed by atoms with Crippen LogP contribution in [0.2, 0.25) is 10.0 Å². The molecule has 0 heterocycles. The summed E-state index contributed by atoms with van der Waals surface area (Å²) < 4.78 is 69.0. The number of phenolic OH excluding ortho intramolecular Hbond substituents is 2. The monoisotopic (exact) mass is 1040 g/mol. The number of fused-ring (bicyclic) bond motifs is 2. The first-order chi connectivity index (χ1) is 28.8. The maximum absolute atomic E-state index is 14.6. The Hall–Kier alpha value is -4.72. The van der Waals surface area contributed by atoms with Crippen molar-refractivity contribution in [3.8, 4) is 67.5 Å². The molecule has 0 bridgehead atoms. The predicted octanol–water partition coefficient (Wildman–Crippen LogP) is 15.8. The van der Waals surface area contributed by atoms with E-state index in [-0.39, 0.29) is 47.2 Å². The van der Waals surface area contributed by atoms with Crippen LogP contribution in [0.1, 0.15) is 0 Å². The van der Waals surface area contributed by atoms with Crippen molar-refractivity contribution < 1.29 is 37.2 Å². The molecule has 0 fully saturated rings. The molecular weight excluding hydrogens is 1010 g/mol. The molecular formula is C46H30BBr3Cl2F4O4. The Morgan fingerprint density at radius 3 is 1.15 bits per heavy atom. The second kappa shape index (κ2) is 19.8. The summed E-state index contributed by atoms with van der Waals surface area (Å²) in [6, 6.07) is 35.3. The number of phenols is 2. The highest BCUT2D eigenvalue weighted by Gasteiger charge is 2.21. The molecule has 0 atom stereocenters. The molecule has 14 heteroatoms. The van der Waals surface area contributed by atoms with Crippen molar-refractivity contribution in [2.45, 2.75) is 0 Å². The second-order valence-electron chi connectivity index (χ2n) is 12.8. The smallest absolute Gasteiger partial charge is 0.369 e. The molecule has 2 N–H and O–H groups in total. The van der Waals surface area contributed by atoms with E-state index < -0.39 is 17.5 Å². The Bertz CT molecular complexity index is 2860. The average molecular weight is 1040 g/mol. The lowest BCUT2D eigenvalue weighted by molar-refractivity contribution is 0.417. The van der Waals surface area contributed by atoms with E-state index in [1.54, 1.807) is 78.9 Å². The maximum atomic E-state index is 14.6. The predicted molar refractivity (Wildman–Crippen MR) is 248 cm³/mol. The van der Waals surface area contributed by atoms with Crippen molar-refractivity contribution in [2.75, 3.05) is 14.2 Å². The van der Waals surface area contributed by atoms with E-state index in [2.05, 4.69) is 47.3 Å². The SMILES string of the molecule is BrB(Br)Br.COc1c(-c2ccccc2F)ccc2c(OC)c(-c3cccc(Cl)c3F)ccc12.Oc1c(-c2ccccc2F)ccc2c(O)c(-c3cccc(Cl)c3F)ccc12. The van der Waals surface area contributed by atoms with Gasteiger partial charge in [-0.05, 0) is 72.8 Å². The lowest BCUT2D eigenvalue weighted by atomic mass is 9.95. The van der Waals surface area contributed by atoms with Crippen LogP contribution in [0.4, 0.5) is 17.6 Å². The normalized spacial score (nSPS) is 10.7. The van der Waals surface area contributed by atoms with Crippen LogP contribution in [0.25, 0.3) is 66.1 Å². The molecule has 0 unspecified atom stereocenters. The fraction of sp³-hybridized carbons (Fsp3) is 0.0435. The summed E-state index contributed by atoms with van der Waals surface area (Å²) in [4.78, 5) is 0. The quantitative estimate of drug-likeness (QED) is 0.129. The molecule has 0 aromatic heterocycles.